The molecule has 1 heterocycles. The number of rotatable bonds is 1. The van der Waals surface area contributed by atoms with Gasteiger partial charge in [-0.25, -0.2) is 4.79 Å². The molecule has 1 rings (SSSR count). The van der Waals surface area contributed by atoms with Gasteiger partial charge < -0.3 is 4.74 Å². The summed E-state index contributed by atoms with van der Waals surface area (Å²) in [6, 6.07) is 4.52. The second-order valence-electron chi connectivity index (χ2n) is 3.40. The lowest BCUT2D eigenvalue weighted by atomic mass is 10.2. The van der Waals surface area contributed by atoms with Gasteiger partial charge in [-0.3, -0.25) is 0 Å². The van der Waals surface area contributed by atoms with Crippen molar-refractivity contribution in [2.45, 2.75) is 26.4 Å². The van der Waals surface area contributed by atoms with Crippen LogP contribution in [-0.2, 0) is 4.74 Å². The topological polar surface area (TPSA) is 26.3 Å². The quantitative estimate of drug-likeness (QED) is 0.625. The first kappa shape index (κ1) is 9.26. The summed E-state index contributed by atoms with van der Waals surface area (Å²) < 4.78 is 5.12. The Labute approximate surface area is 76.2 Å². The van der Waals surface area contributed by atoms with Crippen LogP contribution in [0.3, 0.4) is 0 Å². The van der Waals surface area contributed by atoms with Crippen molar-refractivity contribution in [2.75, 3.05) is 0 Å². The molecule has 2 nitrogen and oxygen atoms in total. The van der Waals surface area contributed by atoms with Crippen LogP contribution in [0, 0.1) is 6.07 Å². The van der Waals surface area contributed by atoms with Gasteiger partial charge in [-0.1, -0.05) is 0 Å². The monoisotopic (exact) mass is 183 g/mol. The highest BCUT2D eigenvalue weighted by atomic mass is 32.1. The lowest BCUT2D eigenvalue weighted by Crippen LogP contribution is -2.23. The van der Waals surface area contributed by atoms with E-state index >= 15 is 0 Å². The van der Waals surface area contributed by atoms with E-state index in [1.165, 1.54) is 11.3 Å². The van der Waals surface area contributed by atoms with E-state index < -0.39 is 5.60 Å². The zero-order valence-electron chi connectivity index (χ0n) is 7.38. The molecule has 1 radical (unpaired) electrons. The Morgan fingerprint density at radius 1 is 1.58 bits per heavy atom. The second kappa shape index (κ2) is 3.27. The number of carbonyl (C=O) groups is 1. The molecule has 0 aliphatic carbocycles. The van der Waals surface area contributed by atoms with Crippen molar-refractivity contribution in [2.24, 2.45) is 0 Å². The van der Waals surface area contributed by atoms with Crippen molar-refractivity contribution in [1.82, 2.24) is 0 Å². The first-order valence-electron chi connectivity index (χ1n) is 3.67. The van der Waals surface area contributed by atoms with Crippen molar-refractivity contribution in [3.05, 3.63) is 22.4 Å². The third-order valence-electron chi connectivity index (χ3n) is 1.05. The summed E-state index contributed by atoms with van der Waals surface area (Å²) >= 11 is 1.34. The normalized spacial score (nSPS) is 11.2. The predicted molar refractivity (Wildman–Crippen MR) is 48.3 cm³/mol. The highest BCUT2D eigenvalue weighted by Crippen LogP contribution is 2.14. The molecule has 0 aliphatic heterocycles. The van der Waals surface area contributed by atoms with Crippen LogP contribution in [0.15, 0.2) is 11.4 Å². The fraction of sp³-hybridized carbons (Fsp3) is 0.444. The molecule has 12 heavy (non-hydrogen) atoms. The highest BCUT2D eigenvalue weighted by molar-refractivity contribution is 7.11. The Balaban J connectivity index is 2.63. The molecule has 3 heteroatoms. The Morgan fingerprint density at radius 3 is 2.67 bits per heavy atom. The van der Waals surface area contributed by atoms with E-state index in [0.717, 1.165) is 0 Å². The van der Waals surface area contributed by atoms with Gasteiger partial charge in [0.25, 0.3) is 0 Å². The third-order valence-corrected chi connectivity index (χ3v) is 1.85. The first-order chi connectivity index (χ1) is 5.49. The number of esters is 1. The summed E-state index contributed by atoms with van der Waals surface area (Å²) in [5, 5.41) is 1.80. The van der Waals surface area contributed by atoms with Gasteiger partial charge in [-0.2, -0.15) is 0 Å². The van der Waals surface area contributed by atoms with E-state index in [9.17, 15) is 4.79 Å². The van der Waals surface area contributed by atoms with E-state index in [1.807, 2.05) is 20.8 Å². The van der Waals surface area contributed by atoms with Crippen LogP contribution in [0.4, 0.5) is 0 Å². The molecule has 0 atom stereocenters. The number of hydrogen-bond acceptors (Lipinski definition) is 3. The number of carbonyl (C=O) groups excluding carboxylic acids is 1. The van der Waals surface area contributed by atoms with Gasteiger partial charge in [-0.15, -0.1) is 11.3 Å². The van der Waals surface area contributed by atoms with E-state index in [4.69, 9.17) is 4.74 Å². The van der Waals surface area contributed by atoms with E-state index in [0.29, 0.717) is 4.88 Å². The Bertz CT molecular complexity index is 257. The summed E-state index contributed by atoms with van der Waals surface area (Å²) in [5.74, 6) is -0.294. The summed E-state index contributed by atoms with van der Waals surface area (Å²) in [5.41, 5.74) is -0.422. The van der Waals surface area contributed by atoms with Crippen LogP contribution in [0.5, 0.6) is 0 Å². The fourth-order valence-electron chi connectivity index (χ4n) is 0.677. The van der Waals surface area contributed by atoms with Gasteiger partial charge in [0, 0.05) is 6.07 Å². The smallest absolute Gasteiger partial charge is 0.349 e. The second-order valence-corrected chi connectivity index (χ2v) is 4.31. The zero-order chi connectivity index (χ0) is 9.19. The highest BCUT2D eigenvalue weighted by Gasteiger charge is 2.18. The van der Waals surface area contributed by atoms with Crippen LogP contribution in [0.25, 0.3) is 0 Å². The van der Waals surface area contributed by atoms with Gasteiger partial charge in [0.05, 0.1) is 0 Å². The molecule has 0 saturated carbocycles. The maximum absolute atomic E-state index is 11.3. The van der Waals surface area contributed by atoms with Crippen molar-refractivity contribution < 1.29 is 9.53 Å². The van der Waals surface area contributed by atoms with Crippen molar-refractivity contribution >= 4 is 17.3 Å². The molecule has 0 amide bonds. The number of ether oxygens (including phenoxy) is 1. The lowest BCUT2D eigenvalue weighted by Gasteiger charge is -2.18. The fourth-order valence-corrected chi connectivity index (χ4v) is 1.22. The van der Waals surface area contributed by atoms with Crippen LogP contribution in [0.2, 0.25) is 0 Å². The first-order valence-corrected chi connectivity index (χ1v) is 4.55. The van der Waals surface area contributed by atoms with Crippen molar-refractivity contribution in [1.29, 1.82) is 0 Å². The predicted octanol–water partition coefficient (Wildman–Crippen LogP) is 2.50. The third kappa shape index (κ3) is 2.66. The lowest BCUT2D eigenvalue weighted by molar-refractivity contribution is 0.00749. The van der Waals surface area contributed by atoms with Crippen LogP contribution in [0.1, 0.15) is 30.4 Å². The molecule has 0 saturated heterocycles. The molecule has 1 aromatic heterocycles. The molecule has 1 aromatic rings. The Hall–Kier alpha value is -0.830. The van der Waals surface area contributed by atoms with Crippen molar-refractivity contribution in [3.8, 4) is 0 Å². The van der Waals surface area contributed by atoms with Crippen LogP contribution >= 0.6 is 11.3 Å². The standard InChI is InChI=1S/C9H11O2S/c1-9(2,3)11-8(10)7-5-4-6-12-7/h4,6H,1-3H3. The molecule has 0 N–H and O–H groups in total. The minimum absolute atomic E-state index is 0.294. The zero-order valence-corrected chi connectivity index (χ0v) is 8.20. The summed E-state index contributed by atoms with van der Waals surface area (Å²) in [4.78, 5) is 11.8. The summed E-state index contributed by atoms with van der Waals surface area (Å²) in [7, 11) is 0. The maximum Gasteiger partial charge on any atom is 0.349 e. The average Bonchev–Trinajstić information content (AvgIpc) is 2.32. The average molecular weight is 183 g/mol. The molecule has 65 valence electrons. The van der Waals surface area contributed by atoms with E-state index in [1.54, 1.807) is 11.4 Å². The summed E-state index contributed by atoms with van der Waals surface area (Å²) in [6.45, 7) is 5.54. The Morgan fingerprint density at radius 2 is 2.25 bits per heavy atom. The molecule has 0 unspecified atom stereocenters. The van der Waals surface area contributed by atoms with E-state index in [-0.39, 0.29) is 5.97 Å². The van der Waals surface area contributed by atoms with Gasteiger partial charge in [0.1, 0.15) is 10.5 Å². The van der Waals surface area contributed by atoms with Gasteiger partial charge >= 0.3 is 5.97 Å². The van der Waals surface area contributed by atoms with Crippen LogP contribution in [-0.4, -0.2) is 11.6 Å². The van der Waals surface area contributed by atoms with Gasteiger partial charge in [-0.05, 0) is 32.2 Å². The minimum Gasteiger partial charge on any atom is -0.456 e. The molecule has 0 spiro atoms. The maximum atomic E-state index is 11.3. The molecule has 0 aliphatic rings. The molecule has 0 bridgehead atoms. The number of thiophene rings is 1. The molecular formula is C9H11O2S. The Kier molecular flexibility index (Phi) is 2.52. The van der Waals surface area contributed by atoms with Gasteiger partial charge in [0.2, 0.25) is 0 Å². The largest absolute Gasteiger partial charge is 0.456 e. The molecule has 0 aromatic carbocycles. The van der Waals surface area contributed by atoms with Crippen molar-refractivity contribution in [3.63, 3.8) is 0 Å². The molecular weight excluding hydrogens is 172 g/mol. The number of hydrogen-bond donors (Lipinski definition) is 0. The van der Waals surface area contributed by atoms with Gasteiger partial charge in [0.15, 0.2) is 0 Å². The molecule has 0 fully saturated rings. The summed E-state index contributed by atoms with van der Waals surface area (Å²) in [6.07, 6.45) is 0. The van der Waals surface area contributed by atoms with Crippen LogP contribution < -0.4 is 0 Å². The minimum atomic E-state index is -0.422. The SMILES string of the molecule is CC(C)(C)OC(=O)c1[c]ccs1. The van der Waals surface area contributed by atoms with E-state index in [2.05, 4.69) is 6.07 Å².